The number of dihydropyridines is 1. The standard InChI is InChI=1S/C23H21F4N5O/c24-15-2-3-17(13-1-4-19(25)28-11-13)14(9-15)10-20-30-21-18(22(33)31-20)12-29-32(21)16-5-7-23(26,27)8-6-16/h1-3,9,12,16H,4-8,10-11H2,(H,30,31,33). The van der Waals surface area contributed by atoms with E-state index in [-0.39, 0.29) is 56.5 Å². The van der Waals surface area contributed by atoms with E-state index < -0.39 is 23.3 Å². The third-order valence-electron chi connectivity index (χ3n) is 6.25. The van der Waals surface area contributed by atoms with E-state index in [1.54, 1.807) is 16.8 Å². The Morgan fingerprint density at radius 3 is 2.70 bits per heavy atom. The maximum absolute atomic E-state index is 14.1. The molecule has 2 aliphatic rings. The van der Waals surface area contributed by atoms with E-state index in [9.17, 15) is 22.4 Å². The molecule has 0 spiro atoms. The minimum absolute atomic E-state index is 0.0762. The van der Waals surface area contributed by atoms with Crippen molar-refractivity contribution >= 4 is 22.6 Å². The first-order valence-corrected chi connectivity index (χ1v) is 10.8. The van der Waals surface area contributed by atoms with Gasteiger partial charge in [-0.05, 0) is 41.7 Å². The molecule has 1 saturated carbocycles. The number of rotatable bonds is 4. The third kappa shape index (κ3) is 4.34. The van der Waals surface area contributed by atoms with Gasteiger partial charge >= 0.3 is 0 Å². The van der Waals surface area contributed by atoms with Gasteiger partial charge in [-0.2, -0.15) is 9.49 Å². The lowest BCUT2D eigenvalue weighted by molar-refractivity contribution is -0.0446. The summed E-state index contributed by atoms with van der Waals surface area (Å²) >= 11 is 0. The number of halogens is 4. The van der Waals surface area contributed by atoms with E-state index in [4.69, 9.17) is 0 Å². The van der Waals surface area contributed by atoms with Crippen LogP contribution in [0.5, 0.6) is 0 Å². The Labute approximate surface area is 186 Å². The zero-order valence-electron chi connectivity index (χ0n) is 17.6. The summed E-state index contributed by atoms with van der Waals surface area (Å²) in [7, 11) is 0. The Morgan fingerprint density at radius 1 is 1.18 bits per heavy atom. The minimum atomic E-state index is -2.68. The van der Waals surface area contributed by atoms with Crippen LogP contribution in [0.4, 0.5) is 17.6 Å². The first-order chi connectivity index (χ1) is 15.8. The average Bonchev–Trinajstić information content (AvgIpc) is 3.19. The number of allylic oxidation sites excluding steroid dienone is 1. The van der Waals surface area contributed by atoms with Gasteiger partial charge in [0.05, 0.1) is 18.8 Å². The molecule has 33 heavy (non-hydrogen) atoms. The monoisotopic (exact) mass is 459 g/mol. The first-order valence-electron chi connectivity index (χ1n) is 10.8. The fraction of sp³-hybridized carbons (Fsp3) is 0.391. The smallest absolute Gasteiger partial charge is 0.262 e. The predicted molar refractivity (Wildman–Crippen MR) is 116 cm³/mol. The second-order valence-electron chi connectivity index (χ2n) is 8.53. The van der Waals surface area contributed by atoms with Crippen LogP contribution in [0.25, 0.3) is 16.6 Å². The fourth-order valence-corrected chi connectivity index (χ4v) is 4.51. The number of hydrogen-bond acceptors (Lipinski definition) is 4. The van der Waals surface area contributed by atoms with Crippen molar-refractivity contribution in [3.05, 3.63) is 63.6 Å². The Hall–Kier alpha value is -3.30. The van der Waals surface area contributed by atoms with Gasteiger partial charge in [0.25, 0.3) is 5.56 Å². The van der Waals surface area contributed by atoms with Gasteiger partial charge in [-0.25, -0.2) is 22.8 Å². The second kappa shape index (κ2) is 8.24. The second-order valence-corrected chi connectivity index (χ2v) is 8.53. The van der Waals surface area contributed by atoms with Gasteiger partial charge in [-0.15, -0.1) is 0 Å². The molecule has 3 aromatic rings. The van der Waals surface area contributed by atoms with Gasteiger partial charge in [0.15, 0.2) is 11.6 Å². The molecule has 0 radical (unpaired) electrons. The zero-order valence-corrected chi connectivity index (χ0v) is 17.6. The number of benzene rings is 1. The minimum Gasteiger partial charge on any atom is -0.310 e. The quantitative estimate of drug-likeness (QED) is 0.572. The Bertz CT molecular complexity index is 1330. The number of alkyl halides is 2. The lowest BCUT2D eigenvalue weighted by atomic mass is 9.92. The van der Waals surface area contributed by atoms with E-state index in [0.29, 0.717) is 22.6 Å². The first kappa shape index (κ1) is 21.5. The number of hydrogen-bond donors (Lipinski definition) is 1. The summed E-state index contributed by atoms with van der Waals surface area (Å²) in [6, 6.07) is 4.02. The highest BCUT2D eigenvalue weighted by atomic mass is 19.3. The van der Waals surface area contributed by atoms with Crippen LogP contribution in [0.3, 0.4) is 0 Å². The van der Waals surface area contributed by atoms with E-state index in [1.165, 1.54) is 18.3 Å². The SMILES string of the molecule is O=c1[nH]c(Cc2cc(F)ccc2C2=CCC(F)=NC2)nc2c1cnn2C1CCC(F)(F)CC1. The van der Waals surface area contributed by atoms with Gasteiger partial charge in [0.1, 0.15) is 17.0 Å². The summed E-state index contributed by atoms with van der Waals surface area (Å²) in [5, 5.41) is 4.53. The zero-order chi connectivity index (χ0) is 23.2. The van der Waals surface area contributed by atoms with Crippen molar-refractivity contribution < 1.29 is 17.6 Å². The molecule has 0 bridgehead atoms. The summed E-state index contributed by atoms with van der Waals surface area (Å²) < 4.78 is 56.1. The molecule has 0 atom stereocenters. The summed E-state index contributed by atoms with van der Waals surface area (Å²) in [5.41, 5.74) is 1.97. The highest BCUT2D eigenvalue weighted by molar-refractivity contribution is 5.84. The lowest BCUT2D eigenvalue weighted by Crippen LogP contribution is -2.27. The van der Waals surface area contributed by atoms with Crippen LogP contribution in [0.15, 0.2) is 40.3 Å². The predicted octanol–water partition coefficient (Wildman–Crippen LogP) is 4.76. The van der Waals surface area contributed by atoms with Crippen LogP contribution >= 0.6 is 0 Å². The van der Waals surface area contributed by atoms with Crippen molar-refractivity contribution in [2.24, 2.45) is 4.99 Å². The average molecular weight is 459 g/mol. The number of H-pyrrole nitrogens is 1. The fourth-order valence-electron chi connectivity index (χ4n) is 4.51. The van der Waals surface area contributed by atoms with Crippen LogP contribution in [0, 0.1) is 5.82 Å². The molecule has 10 heteroatoms. The topological polar surface area (TPSA) is 75.9 Å². The van der Waals surface area contributed by atoms with Crippen LogP contribution in [0.1, 0.15) is 55.1 Å². The van der Waals surface area contributed by atoms with Gasteiger partial charge < -0.3 is 4.98 Å². The van der Waals surface area contributed by atoms with E-state index in [2.05, 4.69) is 20.1 Å². The molecule has 1 fully saturated rings. The summed E-state index contributed by atoms with van der Waals surface area (Å²) in [5.74, 6) is -3.28. The summed E-state index contributed by atoms with van der Waals surface area (Å²) in [6.07, 6.45) is 3.32. The molecule has 1 aliphatic carbocycles. The van der Waals surface area contributed by atoms with Crippen LogP contribution in [0.2, 0.25) is 0 Å². The molecule has 6 nitrogen and oxygen atoms in total. The number of fused-ring (bicyclic) bond motifs is 1. The number of nitrogens with zero attached hydrogens (tertiary/aromatic N) is 4. The van der Waals surface area contributed by atoms with E-state index in [1.807, 2.05) is 0 Å². The van der Waals surface area contributed by atoms with Crippen molar-refractivity contribution in [3.8, 4) is 0 Å². The summed E-state index contributed by atoms with van der Waals surface area (Å²) in [4.78, 5) is 23.8. The van der Waals surface area contributed by atoms with Crippen LogP contribution < -0.4 is 5.56 Å². The Morgan fingerprint density at radius 2 is 1.97 bits per heavy atom. The number of nitrogens with one attached hydrogen (secondary N) is 1. The molecular formula is C23H21F4N5O. The van der Waals surface area contributed by atoms with E-state index >= 15 is 0 Å². The van der Waals surface area contributed by atoms with Crippen molar-refractivity contribution in [1.29, 1.82) is 0 Å². The third-order valence-corrected chi connectivity index (χ3v) is 6.25. The largest absolute Gasteiger partial charge is 0.310 e. The van der Waals surface area contributed by atoms with Gasteiger partial charge in [-0.1, -0.05) is 12.1 Å². The van der Waals surface area contributed by atoms with Crippen LogP contribution in [-0.4, -0.2) is 38.2 Å². The molecule has 1 aliphatic heterocycles. The van der Waals surface area contributed by atoms with Crippen molar-refractivity contribution in [2.75, 3.05) is 6.54 Å². The maximum Gasteiger partial charge on any atom is 0.262 e. The molecule has 1 aromatic carbocycles. The molecule has 0 saturated heterocycles. The van der Waals surface area contributed by atoms with Gasteiger partial charge in [0.2, 0.25) is 5.92 Å². The summed E-state index contributed by atoms with van der Waals surface area (Å²) in [6.45, 7) is 0.145. The maximum atomic E-state index is 14.1. The van der Waals surface area contributed by atoms with Crippen molar-refractivity contribution in [2.45, 2.75) is 50.5 Å². The molecule has 2 aromatic heterocycles. The molecule has 172 valence electrons. The van der Waals surface area contributed by atoms with Gasteiger partial charge in [0, 0.05) is 25.7 Å². The molecule has 0 unspecified atom stereocenters. The van der Waals surface area contributed by atoms with Crippen LogP contribution in [-0.2, 0) is 6.42 Å². The number of aliphatic imine (C=N–C) groups is 1. The molecule has 0 amide bonds. The lowest BCUT2D eigenvalue weighted by Gasteiger charge is -2.28. The van der Waals surface area contributed by atoms with Gasteiger partial charge in [-0.3, -0.25) is 9.79 Å². The number of aromatic amines is 1. The molecule has 1 N–H and O–H groups in total. The Kier molecular flexibility index (Phi) is 5.38. The highest BCUT2D eigenvalue weighted by Gasteiger charge is 2.36. The van der Waals surface area contributed by atoms with Crippen molar-refractivity contribution in [1.82, 2.24) is 19.7 Å². The molecular weight excluding hydrogens is 438 g/mol. The highest BCUT2D eigenvalue weighted by Crippen LogP contribution is 2.38. The molecule has 3 heterocycles. The number of aromatic nitrogens is 4. The van der Waals surface area contributed by atoms with E-state index in [0.717, 1.165) is 5.57 Å². The Balaban J connectivity index is 1.49. The molecule has 5 rings (SSSR count). The van der Waals surface area contributed by atoms with Crippen molar-refractivity contribution in [3.63, 3.8) is 0 Å². The normalized spacial score (nSPS) is 18.9.